The van der Waals surface area contributed by atoms with Crippen molar-refractivity contribution in [3.63, 3.8) is 0 Å². The van der Waals surface area contributed by atoms with Crippen LogP contribution in [0.15, 0.2) is 0 Å². The molecular formula is C31H60O5S. The number of aliphatic hydroxyl groups excluding tert-OH is 1. The van der Waals surface area contributed by atoms with Crippen LogP contribution in [0.25, 0.3) is 0 Å². The average molecular weight is 545 g/mol. The summed E-state index contributed by atoms with van der Waals surface area (Å²) in [6.07, 6.45) is 15.4. The van der Waals surface area contributed by atoms with Crippen LogP contribution in [0.2, 0.25) is 0 Å². The highest BCUT2D eigenvalue weighted by molar-refractivity contribution is 7.59. The first-order valence-corrected chi connectivity index (χ1v) is 13.0. The minimum atomic E-state index is -0.910. The highest BCUT2D eigenvalue weighted by Crippen LogP contribution is 2.13. The summed E-state index contributed by atoms with van der Waals surface area (Å²) in [6, 6.07) is 0. The van der Waals surface area contributed by atoms with E-state index in [1.807, 2.05) is 0 Å². The van der Waals surface area contributed by atoms with Crippen molar-refractivity contribution in [1.82, 2.24) is 0 Å². The SMILES string of the molecule is CC#CC#CC#CC#CC#CC(=O)OC[C@H](CO)OC(=O)CCCCCCCCCCCCCCC.S.[HH].[HH].[HH].[HH].[HH].[HH].[HH].[HH].[HH]. The standard InChI is InChI=1S/C31H40O5.H2S.9H2/c1-3-5-7-9-11-13-14-15-16-18-20-22-24-26-31(34)36-29(27-32)28-35-30(33)25-23-21-19-17-12-10-8-6-4-2;;;;;;;;;;/h29,32H,3,5,7,9,11,13-16,18,20,22,24,26-28H2,1-2H3;1H2;9*1H/t29-;;;;;;;;;;/m0........../s1. The zero-order valence-electron chi connectivity index (χ0n) is 22.5. The van der Waals surface area contributed by atoms with Crippen LogP contribution in [0.4, 0.5) is 0 Å². The summed E-state index contributed by atoms with van der Waals surface area (Å²) in [5.74, 6) is 23.1. The Bertz CT molecular complexity index is 962. The molecule has 0 aliphatic heterocycles. The molecule has 0 bridgehead atoms. The number of aliphatic hydroxyl groups is 1. The molecule has 0 radical (unpaired) electrons. The zero-order chi connectivity index (χ0) is 26.5. The highest BCUT2D eigenvalue weighted by Gasteiger charge is 2.15. The Morgan fingerprint density at radius 2 is 1.19 bits per heavy atom. The van der Waals surface area contributed by atoms with Crippen molar-refractivity contribution >= 4 is 25.4 Å². The molecule has 1 N–H and O–H groups in total. The number of ether oxygens (including phenoxy) is 2. The minimum Gasteiger partial charge on any atom is -0.456 e. The molecule has 0 aromatic rings. The van der Waals surface area contributed by atoms with Gasteiger partial charge in [0.2, 0.25) is 0 Å². The first kappa shape index (κ1) is 36.2. The largest absolute Gasteiger partial charge is 0.456 e. The lowest BCUT2D eigenvalue weighted by Crippen LogP contribution is -2.28. The molecule has 6 heteroatoms. The van der Waals surface area contributed by atoms with Crippen LogP contribution in [-0.4, -0.2) is 36.4 Å². The second kappa shape index (κ2) is 29.3. The average Bonchev–Trinajstić information content (AvgIpc) is 2.88. The molecule has 0 aromatic carbocycles. The number of unbranched alkanes of at least 4 members (excludes halogenated alkanes) is 12. The third-order valence-electron chi connectivity index (χ3n) is 5.11. The predicted octanol–water partition coefficient (Wildman–Crippen LogP) is 7.28. The zero-order valence-corrected chi connectivity index (χ0v) is 23.5. The van der Waals surface area contributed by atoms with Gasteiger partial charge in [-0.05, 0) is 60.7 Å². The van der Waals surface area contributed by atoms with Gasteiger partial charge in [0, 0.05) is 25.2 Å². The van der Waals surface area contributed by atoms with Gasteiger partial charge in [0.15, 0.2) is 6.10 Å². The Hall–Kier alpha value is -2.95. The molecule has 0 saturated heterocycles. The molecule has 1 atom stereocenters. The molecule has 5 nitrogen and oxygen atoms in total. The molecule has 0 saturated carbocycles. The van der Waals surface area contributed by atoms with Gasteiger partial charge in [-0.25, -0.2) is 4.79 Å². The number of hydrogen-bond donors (Lipinski definition) is 1. The number of esters is 2. The van der Waals surface area contributed by atoms with Gasteiger partial charge in [-0.3, -0.25) is 4.79 Å². The van der Waals surface area contributed by atoms with Crippen molar-refractivity contribution in [2.75, 3.05) is 13.2 Å². The topological polar surface area (TPSA) is 72.8 Å². The van der Waals surface area contributed by atoms with Crippen LogP contribution >= 0.6 is 13.5 Å². The smallest absolute Gasteiger partial charge is 0.385 e. The number of hydrogen-bond acceptors (Lipinski definition) is 5. The normalized spacial score (nSPS) is 9.49. The van der Waals surface area contributed by atoms with Crippen LogP contribution in [0.3, 0.4) is 0 Å². The van der Waals surface area contributed by atoms with E-state index in [1.165, 1.54) is 64.2 Å². The van der Waals surface area contributed by atoms with Crippen LogP contribution in [0.1, 0.15) is 117 Å². The van der Waals surface area contributed by atoms with Gasteiger partial charge in [0.1, 0.15) is 6.61 Å². The molecule has 0 aliphatic carbocycles. The Kier molecular flexibility index (Phi) is 28.7. The quantitative estimate of drug-likeness (QED) is 0.0849. The lowest BCUT2D eigenvalue weighted by molar-refractivity contribution is -0.159. The van der Waals surface area contributed by atoms with Crippen LogP contribution in [-0.2, 0) is 19.1 Å². The maximum absolute atomic E-state index is 12.0. The Labute approximate surface area is 245 Å². The maximum Gasteiger partial charge on any atom is 0.385 e. The first-order chi connectivity index (χ1) is 17.6. The van der Waals surface area contributed by atoms with Crippen LogP contribution in [0, 0.1) is 59.2 Å². The maximum atomic E-state index is 12.0. The van der Waals surface area contributed by atoms with Crippen LogP contribution < -0.4 is 0 Å². The molecule has 0 rings (SSSR count). The molecular weight excluding hydrogens is 484 g/mol. The van der Waals surface area contributed by atoms with Gasteiger partial charge in [-0.15, -0.1) is 0 Å². The van der Waals surface area contributed by atoms with Gasteiger partial charge in [0.25, 0.3) is 0 Å². The molecule has 220 valence electrons. The van der Waals surface area contributed by atoms with Crippen molar-refractivity contribution in [2.45, 2.75) is 110 Å². The van der Waals surface area contributed by atoms with Crippen molar-refractivity contribution in [1.29, 1.82) is 0 Å². The van der Waals surface area contributed by atoms with Crippen LogP contribution in [0.5, 0.6) is 0 Å². The van der Waals surface area contributed by atoms with E-state index in [9.17, 15) is 14.7 Å². The lowest BCUT2D eigenvalue weighted by atomic mass is 10.0. The number of rotatable bonds is 18. The van der Waals surface area contributed by atoms with E-state index < -0.39 is 24.6 Å². The third kappa shape index (κ3) is 27.5. The molecule has 0 unspecified atom stereocenters. The summed E-state index contributed by atoms with van der Waals surface area (Å²) in [5, 5.41) is 9.36. The monoisotopic (exact) mass is 544 g/mol. The van der Waals surface area contributed by atoms with E-state index in [1.54, 1.807) is 6.92 Å². The summed E-state index contributed by atoms with van der Waals surface area (Å²) in [4.78, 5) is 23.6. The lowest BCUT2D eigenvalue weighted by Gasteiger charge is -2.14. The summed E-state index contributed by atoms with van der Waals surface area (Å²) in [6.45, 7) is 3.21. The fourth-order valence-electron chi connectivity index (χ4n) is 3.19. The molecule has 0 heterocycles. The van der Waals surface area contributed by atoms with Gasteiger partial charge >= 0.3 is 11.9 Å². The second-order valence-corrected chi connectivity index (χ2v) is 8.26. The minimum absolute atomic E-state index is 0. The van der Waals surface area contributed by atoms with Gasteiger partial charge in [-0.2, -0.15) is 13.5 Å². The van der Waals surface area contributed by atoms with E-state index in [4.69, 9.17) is 9.47 Å². The first-order valence-electron chi connectivity index (χ1n) is 13.0. The Morgan fingerprint density at radius 3 is 1.68 bits per heavy atom. The molecule has 0 aromatic heterocycles. The van der Waals surface area contributed by atoms with E-state index in [-0.39, 0.29) is 39.4 Å². The summed E-state index contributed by atoms with van der Waals surface area (Å²) in [7, 11) is 0. The molecule has 0 amide bonds. The van der Waals surface area contributed by atoms with Crippen molar-refractivity contribution in [2.24, 2.45) is 0 Å². The summed E-state index contributed by atoms with van der Waals surface area (Å²) >= 11 is 0. The van der Waals surface area contributed by atoms with Gasteiger partial charge < -0.3 is 14.6 Å². The Morgan fingerprint density at radius 1 is 0.730 bits per heavy atom. The van der Waals surface area contributed by atoms with E-state index >= 15 is 0 Å². The van der Waals surface area contributed by atoms with E-state index in [0.29, 0.717) is 0 Å². The molecule has 0 fully saturated rings. The van der Waals surface area contributed by atoms with Crippen molar-refractivity contribution < 1.29 is 37.0 Å². The molecule has 0 spiro atoms. The second-order valence-electron chi connectivity index (χ2n) is 8.26. The Balaban J connectivity index is -0.000000136. The fourth-order valence-corrected chi connectivity index (χ4v) is 3.19. The van der Waals surface area contributed by atoms with E-state index in [2.05, 4.69) is 66.1 Å². The summed E-state index contributed by atoms with van der Waals surface area (Å²) in [5.41, 5.74) is 0. The number of carbonyl (C=O) groups is 2. The number of carbonyl (C=O) groups excluding carboxylic acids is 2. The van der Waals surface area contributed by atoms with Gasteiger partial charge in [-0.1, -0.05) is 89.9 Å². The molecule has 0 aliphatic rings. The van der Waals surface area contributed by atoms with Gasteiger partial charge in [0.05, 0.1) is 6.61 Å². The predicted molar refractivity (Wildman–Crippen MR) is 172 cm³/mol. The summed E-state index contributed by atoms with van der Waals surface area (Å²) < 4.78 is 10.1. The van der Waals surface area contributed by atoms with Crippen molar-refractivity contribution in [3.05, 3.63) is 0 Å². The van der Waals surface area contributed by atoms with Crippen molar-refractivity contribution in [3.8, 4) is 59.2 Å². The third-order valence-corrected chi connectivity index (χ3v) is 5.11. The molecule has 37 heavy (non-hydrogen) atoms. The fraction of sp³-hybridized carbons (Fsp3) is 0.613. The highest BCUT2D eigenvalue weighted by atomic mass is 32.1. The van der Waals surface area contributed by atoms with E-state index in [0.717, 1.165) is 19.3 Å².